The number of phenolic OH excluding ortho intramolecular Hbond substituents is 1. The first-order valence-corrected chi connectivity index (χ1v) is 6.32. The van der Waals surface area contributed by atoms with Gasteiger partial charge >= 0.3 is 0 Å². The van der Waals surface area contributed by atoms with Crippen LogP contribution >= 0.6 is 15.9 Å². The lowest BCUT2D eigenvalue weighted by Crippen LogP contribution is -2.16. The van der Waals surface area contributed by atoms with Gasteiger partial charge in [0, 0.05) is 16.9 Å². The normalized spacial score (nSPS) is 12.2. The Balaban J connectivity index is 2.47. The summed E-state index contributed by atoms with van der Waals surface area (Å²) in [7, 11) is 0. The molecule has 1 amide bonds. The number of amides is 1. The third-order valence-electron chi connectivity index (χ3n) is 2.30. The van der Waals surface area contributed by atoms with E-state index in [1.54, 1.807) is 12.1 Å². The molecule has 0 bridgehead atoms. The minimum absolute atomic E-state index is 0.0637. The fraction of sp³-hybridized carbons (Fsp3) is 0.417. The molecule has 0 radical (unpaired) electrons. The summed E-state index contributed by atoms with van der Waals surface area (Å²) >= 11 is 3.28. The fourth-order valence-corrected chi connectivity index (χ4v) is 1.77. The Kier molecular flexibility index (Phi) is 5.44. The Morgan fingerprint density at radius 3 is 2.94 bits per heavy atom. The summed E-state index contributed by atoms with van der Waals surface area (Å²) in [6.07, 6.45) is 1.98. The van der Waals surface area contributed by atoms with Gasteiger partial charge in [-0.25, -0.2) is 0 Å². The minimum atomic E-state index is -0.112. The number of carbonyl (C=O) groups is 1. The van der Waals surface area contributed by atoms with Crippen molar-refractivity contribution in [3.8, 4) is 5.75 Å². The number of aromatic hydroxyl groups is 1. The smallest absolute Gasteiger partial charge is 0.224 e. The number of rotatable bonds is 5. The predicted molar refractivity (Wildman–Crippen MR) is 71.9 cm³/mol. The van der Waals surface area contributed by atoms with Crippen LogP contribution in [0.25, 0.3) is 0 Å². The zero-order chi connectivity index (χ0) is 12.8. The van der Waals surface area contributed by atoms with E-state index in [9.17, 15) is 9.90 Å². The Labute approximate surface area is 109 Å². The first kappa shape index (κ1) is 14.0. The van der Waals surface area contributed by atoms with Crippen molar-refractivity contribution in [3.05, 3.63) is 22.7 Å². The molecule has 0 aliphatic rings. The second-order valence-corrected chi connectivity index (χ2v) is 4.99. The topological polar surface area (TPSA) is 75.4 Å². The highest BCUT2D eigenvalue weighted by Crippen LogP contribution is 2.26. The summed E-state index contributed by atoms with van der Waals surface area (Å²) < 4.78 is 0.807. The zero-order valence-corrected chi connectivity index (χ0v) is 11.3. The van der Waals surface area contributed by atoms with Gasteiger partial charge in [-0.1, -0.05) is 15.9 Å². The van der Waals surface area contributed by atoms with Crippen LogP contribution in [0.3, 0.4) is 0 Å². The Bertz CT molecular complexity index is 394. The molecule has 94 valence electrons. The van der Waals surface area contributed by atoms with E-state index in [-0.39, 0.29) is 17.7 Å². The standard InChI is InChI=1S/C12H17BrN2O2/c1-8(14)3-2-4-12(17)15-10-7-9(13)5-6-11(10)16/h5-8,16H,2-4,14H2,1H3,(H,15,17). The second-order valence-electron chi connectivity index (χ2n) is 4.08. The number of halogens is 1. The quantitative estimate of drug-likeness (QED) is 0.732. The van der Waals surface area contributed by atoms with E-state index in [2.05, 4.69) is 21.2 Å². The largest absolute Gasteiger partial charge is 0.506 e. The SMILES string of the molecule is CC(N)CCCC(=O)Nc1cc(Br)ccc1O. The van der Waals surface area contributed by atoms with Crippen LogP contribution in [0.5, 0.6) is 5.75 Å². The second kappa shape index (κ2) is 6.61. The maximum Gasteiger partial charge on any atom is 0.224 e. The molecular weight excluding hydrogens is 284 g/mol. The number of phenols is 1. The average molecular weight is 301 g/mol. The first-order valence-electron chi connectivity index (χ1n) is 5.53. The van der Waals surface area contributed by atoms with Crippen LogP contribution < -0.4 is 11.1 Å². The van der Waals surface area contributed by atoms with Crippen molar-refractivity contribution in [3.63, 3.8) is 0 Å². The van der Waals surface area contributed by atoms with Crippen LogP contribution in [0, 0.1) is 0 Å². The number of benzene rings is 1. The molecule has 4 N–H and O–H groups in total. The molecule has 1 atom stereocenters. The van der Waals surface area contributed by atoms with E-state index in [1.165, 1.54) is 6.07 Å². The molecule has 1 unspecified atom stereocenters. The predicted octanol–water partition coefficient (Wildman–Crippen LogP) is 2.61. The lowest BCUT2D eigenvalue weighted by Gasteiger charge is -2.08. The van der Waals surface area contributed by atoms with Gasteiger partial charge in [-0.2, -0.15) is 0 Å². The van der Waals surface area contributed by atoms with Crippen molar-refractivity contribution in [2.45, 2.75) is 32.2 Å². The molecule has 0 fully saturated rings. The first-order chi connectivity index (χ1) is 7.99. The molecule has 0 saturated carbocycles. The van der Waals surface area contributed by atoms with Gasteiger partial charge in [0.05, 0.1) is 5.69 Å². The number of nitrogens with one attached hydrogen (secondary N) is 1. The number of nitrogens with two attached hydrogens (primary N) is 1. The Morgan fingerprint density at radius 1 is 1.59 bits per heavy atom. The van der Waals surface area contributed by atoms with Crippen molar-refractivity contribution in [1.82, 2.24) is 0 Å². The Hall–Kier alpha value is -1.07. The summed E-state index contributed by atoms with van der Waals surface area (Å²) in [5, 5.41) is 12.2. The van der Waals surface area contributed by atoms with Crippen LogP contribution in [0.15, 0.2) is 22.7 Å². The molecule has 5 heteroatoms. The molecule has 17 heavy (non-hydrogen) atoms. The molecule has 0 saturated heterocycles. The van der Waals surface area contributed by atoms with Gasteiger partial charge in [0.25, 0.3) is 0 Å². The van der Waals surface area contributed by atoms with Crippen molar-refractivity contribution < 1.29 is 9.90 Å². The number of hydrogen-bond donors (Lipinski definition) is 3. The summed E-state index contributed by atoms with van der Waals surface area (Å²) in [6.45, 7) is 1.91. The van der Waals surface area contributed by atoms with E-state index >= 15 is 0 Å². The molecule has 0 aromatic heterocycles. The maximum absolute atomic E-state index is 11.6. The van der Waals surface area contributed by atoms with E-state index in [0.717, 1.165) is 17.3 Å². The molecule has 0 aliphatic carbocycles. The Morgan fingerprint density at radius 2 is 2.29 bits per heavy atom. The number of anilines is 1. The van der Waals surface area contributed by atoms with E-state index in [0.29, 0.717) is 12.1 Å². The van der Waals surface area contributed by atoms with Gasteiger partial charge in [-0.15, -0.1) is 0 Å². The lowest BCUT2D eigenvalue weighted by atomic mass is 10.1. The van der Waals surface area contributed by atoms with E-state index < -0.39 is 0 Å². The van der Waals surface area contributed by atoms with Gasteiger partial charge in [-0.3, -0.25) is 4.79 Å². The van der Waals surface area contributed by atoms with Crippen LogP contribution in [0.4, 0.5) is 5.69 Å². The van der Waals surface area contributed by atoms with Gasteiger partial charge in [0.15, 0.2) is 0 Å². The molecule has 0 heterocycles. The lowest BCUT2D eigenvalue weighted by molar-refractivity contribution is -0.116. The molecular formula is C12H17BrN2O2. The highest BCUT2D eigenvalue weighted by Gasteiger charge is 2.07. The molecule has 1 rings (SSSR count). The fourth-order valence-electron chi connectivity index (χ4n) is 1.41. The number of carbonyl (C=O) groups excluding carboxylic acids is 1. The van der Waals surface area contributed by atoms with E-state index in [4.69, 9.17) is 5.73 Å². The number of hydrogen-bond acceptors (Lipinski definition) is 3. The van der Waals surface area contributed by atoms with Crippen LogP contribution in [-0.2, 0) is 4.79 Å². The summed E-state index contributed by atoms with van der Waals surface area (Å²) in [6, 6.07) is 5.02. The van der Waals surface area contributed by atoms with Gasteiger partial charge < -0.3 is 16.2 Å². The average Bonchev–Trinajstić information content (AvgIpc) is 2.23. The maximum atomic E-state index is 11.6. The molecule has 4 nitrogen and oxygen atoms in total. The third kappa shape index (κ3) is 5.19. The van der Waals surface area contributed by atoms with E-state index in [1.807, 2.05) is 6.92 Å². The highest BCUT2D eigenvalue weighted by atomic mass is 79.9. The van der Waals surface area contributed by atoms with Crippen molar-refractivity contribution >= 4 is 27.5 Å². The zero-order valence-electron chi connectivity index (χ0n) is 9.74. The highest BCUT2D eigenvalue weighted by molar-refractivity contribution is 9.10. The molecule has 1 aromatic carbocycles. The van der Waals surface area contributed by atoms with Gasteiger partial charge in [-0.05, 0) is 38.0 Å². The minimum Gasteiger partial charge on any atom is -0.506 e. The van der Waals surface area contributed by atoms with Gasteiger partial charge in [0.1, 0.15) is 5.75 Å². The van der Waals surface area contributed by atoms with Crippen LogP contribution in [-0.4, -0.2) is 17.1 Å². The van der Waals surface area contributed by atoms with Crippen LogP contribution in [0.2, 0.25) is 0 Å². The van der Waals surface area contributed by atoms with Crippen molar-refractivity contribution in [1.29, 1.82) is 0 Å². The summed E-state index contributed by atoms with van der Waals surface area (Å²) in [4.78, 5) is 11.6. The molecule has 0 aliphatic heterocycles. The summed E-state index contributed by atoms with van der Waals surface area (Å²) in [5.74, 6) is -0.0483. The monoisotopic (exact) mass is 300 g/mol. The molecule has 0 spiro atoms. The van der Waals surface area contributed by atoms with Crippen LogP contribution in [0.1, 0.15) is 26.2 Å². The summed E-state index contributed by atoms with van der Waals surface area (Å²) in [5.41, 5.74) is 6.02. The third-order valence-corrected chi connectivity index (χ3v) is 2.79. The van der Waals surface area contributed by atoms with Crippen molar-refractivity contribution in [2.24, 2.45) is 5.73 Å². The van der Waals surface area contributed by atoms with Crippen molar-refractivity contribution in [2.75, 3.05) is 5.32 Å². The molecule has 1 aromatic rings. The van der Waals surface area contributed by atoms with Gasteiger partial charge in [0.2, 0.25) is 5.91 Å².